The van der Waals surface area contributed by atoms with Crippen molar-refractivity contribution in [1.29, 1.82) is 0 Å². The molecule has 0 amide bonds. The van der Waals surface area contributed by atoms with Crippen molar-refractivity contribution in [2.75, 3.05) is 0 Å². The van der Waals surface area contributed by atoms with Gasteiger partial charge in [0.15, 0.2) is 5.82 Å². The minimum atomic E-state index is 0.771. The molecule has 4 aromatic rings. The van der Waals surface area contributed by atoms with Crippen LogP contribution in [0.15, 0.2) is 53.4 Å². The number of fused-ring (bicyclic) bond motifs is 2. The predicted molar refractivity (Wildman–Crippen MR) is 111 cm³/mol. The van der Waals surface area contributed by atoms with Crippen LogP contribution in [0.1, 0.15) is 40.4 Å². The Balaban J connectivity index is 1.34. The number of hydrogen-bond acceptors (Lipinski definition) is 5. The molecule has 0 unspecified atom stereocenters. The van der Waals surface area contributed by atoms with E-state index < -0.39 is 0 Å². The number of aromatic nitrogens is 4. The second-order valence-electron chi connectivity index (χ2n) is 6.90. The molecule has 2 aromatic heterocycles. The Hall–Kier alpha value is -2.18. The van der Waals surface area contributed by atoms with E-state index >= 15 is 0 Å². The fourth-order valence-corrected chi connectivity index (χ4v) is 5.31. The van der Waals surface area contributed by atoms with E-state index in [2.05, 4.69) is 52.7 Å². The zero-order chi connectivity index (χ0) is 18.1. The molecule has 2 heterocycles. The van der Waals surface area contributed by atoms with Crippen LogP contribution in [0, 0.1) is 0 Å². The van der Waals surface area contributed by atoms with Crippen molar-refractivity contribution >= 4 is 28.1 Å². The summed E-state index contributed by atoms with van der Waals surface area (Å²) in [6, 6.07) is 17.3. The summed E-state index contributed by atoms with van der Waals surface area (Å²) in [5.41, 5.74) is 4.41. The van der Waals surface area contributed by atoms with Gasteiger partial charge in [-0.2, -0.15) is 9.61 Å². The van der Waals surface area contributed by atoms with Gasteiger partial charge >= 0.3 is 0 Å². The van der Waals surface area contributed by atoms with Crippen LogP contribution in [-0.4, -0.2) is 19.8 Å². The third-order valence-electron chi connectivity index (χ3n) is 4.98. The summed E-state index contributed by atoms with van der Waals surface area (Å²) in [4.78, 5) is 2.12. The Kier molecular flexibility index (Phi) is 4.67. The van der Waals surface area contributed by atoms with E-state index in [9.17, 15) is 0 Å². The molecule has 0 fully saturated rings. The monoisotopic (exact) mass is 392 g/mol. The lowest BCUT2D eigenvalue weighted by Crippen LogP contribution is -2.03. The molecular formula is C21H20N4S2. The molecule has 4 nitrogen and oxygen atoms in total. The molecule has 0 saturated heterocycles. The smallest absolute Gasteiger partial charge is 0.186 e. The summed E-state index contributed by atoms with van der Waals surface area (Å²) in [5, 5.41) is 14.5. The van der Waals surface area contributed by atoms with Crippen LogP contribution < -0.4 is 0 Å². The van der Waals surface area contributed by atoms with E-state index in [1.165, 1.54) is 47.3 Å². The number of rotatable bonds is 5. The summed E-state index contributed by atoms with van der Waals surface area (Å²) < 4.78 is 1.91. The van der Waals surface area contributed by atoms with Gasteiger partial charge in [0.25, 0.3) is 0 Å². The third kappa shape index (κ3) is 3.64. The lowest BCUT2D eigenvalue weighted by atomic mass is 9.90. The maximum absolute atomic E-state index is 4.79. The maximum atomic E-state index is 4.79. The first-order valence-corrected chi connectivity index (χ1v) is 11.1. The Morgan fingerprint density at radius 1 is 0.963 bits per heavy atom. The first-order chi connectivity index (χ1) is 13.3. The van der Waals surface area contributed by atoms with Crippen molar-refractivity contribution in [1.82, 2.24) is 19.8 Å². The van der Waals surface area contributed by atoms with Gasteiger partial charge in [-0.15, -0.1) is 22.0 Å². The van der Waals surface area contributed by atoms with Gasteiger partial charge in [0.1, 0.15) is 5.01 Å². The molecule has 0 aliphatic heterocycles. The van der Waals surface area contributed by atoms with Gasteiger partial charge in [-0.1, -0.05) is 47.7 Å². The molecule has 0 spiro atoms. The molecule has 1 aliphatic rings. The molecular weight excluding hydrogens is 372 g/mol. The summed E-state index contributed by atoms with van der Waals surface area (Å²) >= 11 is 3.40. The average molecular weight is 393 g/mol. The van der Waals surface area contributed by atoms with E-state index in [-0.39, 0.29) is 0 Å². The van der Waals surface area contributed by atoms with Gasteiger partial charge in [-0.25, -0.2) is 0 Å². The fraction of sp³-hybridized carbons (Fsp3) is 0.286. The van der Waals surface area contributed by atoms with Crippen molar-refractivity contribution in [3.63, 3.8) is 0 Å². The standard InChI is InChI=1S/C21H20N4S2/c1-2-8-18(9-3-1)26-14-19-22-23-21-25(19)24-20(27-21)13-15-10-11-16-6-4-5-7-17(16)12-15/h1-3,8-12H,4-7,13-14H2. The van der Waals surface area contributed by atoms with E-state index in [1.807, 2.05) is 10.6 Å². The molecule has 0 saturated carbocycles. The first-order valence-electron chi connectivity index (χ1n) is 9.34. The predicted octanol–water partition coefficient (Wildman–Crippen LogP) is 4.95. The van der Waals surface area contributed by atoms with Gasteiger partial charge < -0.3 is 0 Å². The lowest BCUT2D eigenvalue weighted by Gasteiger charge is -2.16. The number of thioether (sulfide) groups is 1. The molecule has 5 rings (SSSR count). The summed E-state index contributed by atoms with van der Waals surface area (Å²) in [6.07, 6.45) is 5.96. The molecule has 0 radical (unpaired) electrons. The Bertz CT molecular complexity index is 1070. The second kappa shape index (κ2) is 7.44. The molecule has 0 atom stereocenters. The summed E-state index contributed by atoms with van der Waals surface area (Å²) in [5.74, 6) is 1.68. The van der Waals surface area contributed by atoms with Gasteiger partial charge in [-0.3, -0.25) is 0 Å². The highest BCUT2D eigenvalue weighted by molar-refractivity contribution is 7.98. The number of benzene rings is 2. The van der Waals surface area contributed by atoms with Gasteiger partial charge in [-0.05, 0) is 54.5 Å². The molecule has 0 bridgehead atoms. The Morgan fingerprint density at radius 3 is 2.70 bits per heavy atom. The highest BCUT2D eigenvalue weighted by atomic mass is 32.2. The van der Waals surface area contributed by atoms with Crippen LogP contribution in [0.3, 0.4) is 0 Å². The largest absolute Gasteiger partial charge is 0.234 e. The lowest BCUT2D eigenvalue weighted by molar-refractivity contribution is 0.684. The molecule has 1 aliphatic carbocycles. The average Bonchev–Trinajstić information content (AvgIpc) is 3.27. The maximum Gasteiger partial charge on any atom is 0.234 e. The van der Waals surface area contributed by atoms with Crippen molar-refractivity contribution in [3.8, 4) is 0 Å². The SMILES string of the molecule is c1ccc(SCc2nnc3sc(Cc4ccc5c(c4)CCCC5)nn23)cc1. The zero-order valence-electron chi connectivity index (χ0n) is 15.0. The van der Waals surface area contributed by atoms with Crippen LogP contribution in [0.5, 0.6) is 0 Å². The van der Waals surface area contributed by atoms with Crippen molar-refractivity contribution in [2.24, 2.45) is 0 Å². The van der Waals surface area contributed by atoms with Gasteiger partial charge in [0, 0.05) is 11.3 Å². The Morgan fingerprint density at radius 2 is 1.81 bits per heavy atom. The van der Waals surface area contributed by atoms with E-state index in [0.29, 0.717) is 0 Å². The van der Waals surface area contributed by atoms with Crippen molar-refractivity contribution in [3.05, 3.63) is 76.1 Å². The fourth-order valence-electron chi connectivity index (χ4n) is 3.59. The zero-order valence-corrected chi connectivity index (χ0v) is 16.6. The van der Waals surface area contributed by atoms with Gasteiger partial charge in [0.05, 0.1) is 5.75 Å². The van der Waals surface area contributed by atoms with Crippen molar-refractivity contribution < 1.29 is 0 Å². The highest BCUT2D eigenvalue weighted by Crippen LogP contribution is 2.26. The minimum Gasteiger partial charge on any atom is -0.186 e. The number of nitrogens with zero attached hydrogens (tertiary/aromatic N) is 4. The minimum absolute atomic E-state index is 0.771. The van der Waals surface area contributed by atoms with Crippen LogP contribution in [0.2, 0.25) is 0 Å². The Labute approximate surface area is 166 Å². The van der Waals surface area contributed by atoms with Crippen LogP contribution in [0.4, 0.5) is 0 Å². The molecule has 27 heavy (non-hydrogen) atoms. The van der Waals surface area contributed by atoms with Crippen LogP contribution >= 0.6 is 23.1 Å². The number of hydrogen-bond donors (Lipinski definition) is 0. The topological polar surface area (TPSA) is 43.1 Å². The molecule has 136 valence electrons. The molecule has 2 aromatic carbocycles. The molecule has 6 heteroatoms. The van der Waals surface area contributed by atoms with E-state index in [0.717, 1.165) is 28.0 Å². The normalized spacial score (nSPS) is 13.8. The van der Waals surface area contributed by atoms with Gasteiger partial charge in [0.2, 0.25) is 4.96 Å². The van der Waals surface area contributed by atoms with Crippen LogP contribution in [0.25, 0.3) is 4.96 Å². The highest BCUT2D eigenvalue weighted by Gasteiger charge is 2.14. The second-order valence-corrected chi connectivity index (χ2v) is 8.98. The van der Waals surface area contributed by atoms with E-state index in [4.69, 9.17) is 5.10 Å². The first kappa shape index (κ1) is 17.0. The quantitative estimate of drug-likeness (QED) is 0.451. The summed E-state index contributed by atoms with van der Waals surface area (Å²) in [6.45, 7) is 0. The third-order valence-corrected chi connectivity index (χ3v) is 6.88. The van der Waals surface area contributed by atoms with E-state index in [1.54, 1.807) is 23.1 Å². The summed E-state index contributed by atoms with van der Waals surface area (Å²) in [7, 11) is 0. The van der Waals surface area contributed by atoms with Crippen LogP contribution in [-0.2, 0) is 25.0 Å². The van der Waals surface area contributed by atoms with Crippen molar-refractivity contribution in [2.45, 2.75) is 42.8 Å². The number of aryl methyl sites for hydroxylation is 2. The molecule has 0 N–H and O–H groups in total.